The number of terminal acetylenes is 1. The maximum absolute atomic E-state index is 11.4. The molecule has 0 aromatic rings. The Kier molecular flexibility index (Phi) is 3.74. The van der Waals surface area contributed by atoms with Crippen molar-refractivity contribution < 1.29 is 9.63 Å². The third-order valence-corrected chi connectivity index (χ3v) is 1.96. The van der Waals surface area contributed by atoms with Crippen molar-refractivity contribution in [1.82, 2.24) is 10.4 Å². The fraction of sp³-hybridized carbons (Fsp3) is 0.667. The second kappa shape index (κ2) is 4.85. The van der Waals surface area contributed by atoms with Crippen LogP contribution in [0.4, 0.5) is 0 Å². The highest BCUT2D eigenvalue weighted by molar-refractivity contribution is 5.81. The molecule has 4 heteroatoms. The standard InChI is InChI=1S/C9H14N2O2/c1-3-5-10-9(12)8(2)11-6-4-7-13-11/h1,8H,4-7H2,2H3,(H,10,12). The Morgan fingerprint density at radius 1 is 1.85 bits per heavy atom. The molecule has 1 unspecified atom stereocenters. The minimum atomic E-state index is -0.254. The van der Waals surface area contributed by atoms with Gasteiger partial charge in [-0.2, -0.15) is 5.06 Å². The molecule has 1 rings (SSSR count). The van der Waals surface area contributed by atoms with Crippen molar-refractivity contribution in [1.29, 1.82) is 0 Å². The molecule has 13 heavy (non-hydrogen) atoms. The first kappa shape index (κ1) is 10.0. The summed E-state index contributed by atoms with van der Waals surface area (Å²) in [5.41, 5.74) is 0. The number of hydrogen-bond donors (Lipinski definition) is 1. The molecule has 0 aromatic carbocycles. The first-order chi connectivity index (χ1) is 6.25. The monoisotopic (exact) mass is 182 g/mol. The number of carbonyl (C=O) groups is 1. The summed E-state index contributed by atoms with van der Waals surface area (Å²) in [6.07, 6.45) is 6.00. The van der Waals surface area contributed by atoms with E-state index >= 15 is 0 Å². The molecule has 0 bridgehead atoms. The lowest BCUT2D eigenvalue weighted by molar-refractivity contribution is -0.158. The molecule has 72 valence electrons. The summed E-state index contributed by atoms with van der Waals surface area (Å²) in [4.78, 5) is 16.6. The molecule has 1 heterocycles. The molecule has 1 fully saturated rings. The topological polar surface area (TPSA) is 41.6 Å². The number of hydroxylamine groups is 2. The number of rotatable bonds is 3. The van der Waals surface area contributed by atoms with Crippen LogP contribution in [0.25, 0.3) is 0 Å². The number of nitrogens with zero attached hydrogens (tertiary/aromatic N) is 1. The lowest BCUT2D eigenvalue weighted by Gasteiger charge is -2.20. The fourth-order valence-corrected chi connectivity index (χ4v) is 1.19. The van der Waals surface area contributed by atoms with Crippen molar-refractivity contribution in [2.45, 2.75) is 19.4 Å². The zero-order valence-electron chi connectivity index (χ0n) is 7.75. The zero-order chi connectivity index (χ0) is 9.68. The molecule has 1 aliphatic rings. The molecule has 0 saturated carbocycles. The molecule has 1 aliphatic heterocycles. The summed E-state index contributed by atoms with van der Waals surface area (Å²) in [5.74, 6) is 2.27. The number of amides is 1. The Balaban J connectivity index is 2.33. The molecule has 1 amide bonds. The van der Waals surface area contributed by atoms with Gasteiger partial charge in [0.25, 0.3) is 0 Å². The average molecular weight is 182 g/mol. The van der Waals surface area contributed by atoms with E-state index in [-0.39, 0.29) is 18.5 Å². The SMILES string of the molecule is C#CCNC(=O)C(C)N1CCCO1. The van der Waals surface area contributed by atoms with Crippen molar-refractivity contribution in [2.75, 3.05) is 19.7 Å². The highest BCUT2D eigenvalue weighted by Crippen LogP contribution is 2.08. The second-order valence-corrected chi connectivity index (χ2v) is 2.93. The predicted molar refractivity (Wildman–Crippen MR) is 48.6 cm³/mol. The van der Waals surface area contributed by atoms with Gasteiger partial charge in [0.05, 0.1) is 13.2 Å². The van der Waals surface area contributed by atoms with Crippen molar-refractivity contribution in [3.63, 3.8) is 0 Å². The summed E-state index contributed by atoms with van der Waals surface area (Å²) in [6, 6.07) is -0.254. The Bertz CT molecular complexity index is 216. The molecule has 0 radical (unpaired) electrons. The summed E-state index contributed by atoms with van der Waals surface area (Å²) >= 11 is 0. The number of carbonyl (C=O) groups excluding carboxylic acids is 1. The van der Waals surface area contributed by atoms with Gasteiger partial charge in [-0.1, -0.05) is 5.92 Å². The van der Waals surface area contributed by atoms with E-state index in [1.807, 2.05) is 0 Å². The van der Waals surface area contributed by atoms with Gasteiger partial charge in [-0.05, 0) is 13.3 Å². The quantitative estimate of drug-likeness (QED) is 0.613. The Hall–Kier alpha value is -1.05. The van der Waals surface area contributed by atoms with Crippen molar-refractivity contribution >= 4 is 5.91 Å². The van der Waals surface area contributed by atoms with E-state index in [0.29, 0.717) is 6.61 Å². The van der Waals surface area contributed by atoms with Crippen LogP contribution in [0.15, 0.2) is 0 Å². The average Bonchev–Trinajstić information content (AvgIpc) is 2.65. The van der Waals surface area contributed by atoms with E-state index in [1.54, 1.807) is 12.0 Å². The van der Waals surface area contributed by atoms with E-state index in [4.69, 9.17) is 11.3 Å². The normalized spacial score (nSPS) is 19.4. The second-order valence-electron chi connectivity index (χ2n) is 2.93. The van der Waals surface area contributed by atoms with Crippen LogP contribution in [-0.2, 0) is 9.63 Å². The van der Waals surface area contributed by atoms with Gasteiger partial charge in [0, 0.05) is 6.54 Å². The highest BCUT2D eigenvalue weighted by atomic mass is 16.7. The molecule has 0 aromatic heterocycles. The van der Waals surface area contributed by atoms with E-state index in [1.165, 1.54) is 0 Å². The Morgan fingerprint density at radius 3 is 3.15 bits per heavy atom. The van der Waals surface area contributed by atoms with Crippen molar-refractivity contribution in [3.8, 4) is 12.3 Å². The van der Waals surface area contributed by atoms with Gasteiger partial charge >= 0.3 is 0 Å². The van der Waals surface area contributed by atoms with Crippen molar-refractivity contribution in [3.05, 3.63) is 0 Å². The van der Waals surface area contributed by atoms with Gasteiger partial charge < -0.3 is 5.32 Å². The maximum Gasteiger partial charge on any atom is 0.240 e. The fourth-order valence-electron chi connectivity index (χ4n) is 1.19. The molecule has 1 N–H and O–H groups in total. The Labute approximate surface area is 78.2 Å². The van der Waals surface area contributed by atoms with E-state index in [2.05, 4.69) is 11.2 Å². The lowest BCUT2D eigenvalue weighted by atomic mass is 10.3. The van der Waals surface area contributed by atoms with Crippen LogP contribution in [0.3, 0.4) is 0 Å². The predicted octanol–water partition coefficient (Wildman–Crippen LogP) is -0.238. The van der Waals surface area contributed by atoms with Gasteiger partial charge in [-0.15, -0.1) is 6.42 Å². The van der Waals surface area contributed by atoms with Gasteiger partial charge in [0.1, 0.15) is 6.04 Å². The summed E-state index contributed by atoms with van der Waals surface area (Å²) < 4.78 is 0. The first-order valence-corrected chi connectivity index (χ1v) is 4.36. The minimum Gasteiger partial charge on any atom is -0.344 e. The van der Waals surface area contributed by atoms with Gasteiger partial charge in [0.15, 0.2) is 0 Å². The number of hydrogen-bond acceptors (Lipinski definition) is 3. The van der Waals surface area contributed by atoms with Crippen LogP contribution in [-0.4, -0.2) is 36.7 Å². The van der Waals surface area contributed by atoms with Crippen LogP contribution < -0.4 is 5.32 Å². The van der Waals surface area contributed by atoms with Crippen molar-refractivity contribution in [2.24, 2.45) is 0 Å². The number of nitrogens with one attached hydrogen (secondary N) is 1. The molecule has 4 nitrogen and oxygen atoms in total. The largest absolute Gasteiger partial charge is 0.344 e. The van der Waals surface area contributed by atoms with E-state index < -0.39 is 0 Å². The van der Waals surface area contributed by atoms with Crippen LogP contribution in [0.1, 0.15) is 13.3 Å². The minimum absolute atomic E-state index is 0.0835. The third kappa shape index (κ3) is 2.72. The molecule has 1 saturated heterocycles. The lowest BCUT2D eigenvalue weighted by Crippen LogP contribution is -2.43. The third-order valence-electron chi connectivity index (χ3n) is 1.96. The summed E-state index contributed by atoms with van der Waals surface area (Å²) in [5, 5.41) is 4.30. The smallest absolute Gasteiger partial charge is 0.240 e. The zero-order valence-corrected chi connectivity index (χ0v) is 7.75. The summed E-state index contributed by atoms with van der Waals surface area (Å²) in [6.45, 7) is 3.59. The molecular weight excluding hydrogens is 168 g/mol. The first-order valence-electron chi connectivity index (χ1n) is 4.36. The van der Waals surface area contributed by atoms with E-state index in [0.717, 1.165) is 13.0 Å². The summed E-state index contributed by atoms with van der Waals surface area (Å²) in [7, 11) is 0. The Morgan fingerprint density at radius 2 is 2.62 bits per heavy atom. The molecule has 1 atom stereocenters. The van der Waals surface area contributed by atoms with Crippen LogP contribution in [0.5, 0.6) is 0 Å². The van der Waals surface area contributed by atoms with Crippen LogP contribution >= 0.6 is 0 Å². The molecule has 0 spiro atoms. The van der Waals surface area contributed by atoms with Crippen LogP contribution in [0, 0.1) is 12.3 Å². The molecule has 0 aliphatic carbocycles. The van der Waals surface area contributed by atoms with E-state index in [9.17, 15) is 4.79 Å². The van der Waals surface area contributed by atoms with Crippen LogP contribution in [0.2, 0.25) is 0 Å². The van der Waals surface area contributed by atoms with Gasteiger partial charge in [0.2, 0.25) is 5.91 Å². The van der Waals surface area contributed by atoms with Gasteiger partial charge in [-0.3, -0.25) is 9.63 Å². The maximum atomic E-state index is 11.4. The molecular formula is C9H14N2O2. The van der Waals surface area contributed by atoms with Gasteiger partial charge in [-0.25, -0.2) is 0 Å². The highest BCUT2D eigenvalue weighted by Gasteiger charge is 2.24.